The Morgan fingerprint density at radius 2 is 2.00 bits per heavy atom. The van der Waals surface area contributed by atoms with Crippen molar-refractivity contribution >= 4 is 11.4 Å². The predicted octanol–water partition coefficient (Wildman–Crippen LogP) is 3.65. The molecule has 0 radical (unpaired) electrons. The van der Waals surface area contributed by atoms with E-state index in [0.717, 1.165) is 54.5 Å². The second kappa shape index (κ2) is 6.77. The van der Waals surface area contributed by atoms with Crippen molar-refractivity contribution in [2.45, 2.75) is 26.9 Å². The molecule has 0 spiro atoms. The third kappa shape index (κ3) is 3.22. The molecule has 0 bridgehead atoms. The van der Waals surface area contributed by atoms with Crippen molar-refractivity contribution in [1.82, 2.24) is 15.1 Å². The molecule has 1 aliphatic rings. The molecule has 1 atom stereocenters. The summed E-state index contributed by atoms with van der Waals surface area (Å²) in [4.78, 5) is 2.28. The highest BCUT2D eigenvalue weighted by atomic mass is 19.1. The van der Waals surface area contributed by atoms with E-state index in [0.29, 0.717) is 5.56 Å². The van der Waals surface area contributed by atoms with E-state index < -0.39 is 6.17 Å². The third-order valence-electron chi connectivity index (χ3n) is 4.48. The van der Waals surface area contributed by atoms with Gasteiger partial charge in [-0.25, -0.2) is 9.07 Å². The van der Waals surface area contributed by atoms with Crippen molar-refractivity contribution < 1.29 is 4.39 Å². The molecule has 2 heterocycles. The van der Waals surface area contributed by atoms with Crippen molar-refractivity contribution in [3.63, 3.8) is 0 Å². The zero-order valence-electron chi connectivity index (χ0n) is 14.6. The Bertz CT molecular complexity index is 742. The summed E-state index contributed by atoms with van der Waals surface area (Å²) in [7, 11) is 0. The van der Waals surface area contributed by atoms with Crippen LogP contribution in [0.1, 0.15) is 36.8 Å². The van der Waals surface area contributed by atoms with Gasteiger partial charge < -0.3 is 10.2 Å². The lowest BCUT2D eigenvalue weighted by Crippen LogP contribution is -2.43. The topological polar surface area (TPSA) is 33.1 Å². The average Bonchev–Trinajstić information content (AvgIpc) is 2.97. The van der Waals surface area contributed by atoms with Gasteiger partial charge in [0.25, 0.3) is 0 Å². The first kappa shape index (κ1) is 16.7. The lowest BCUT2D eigenvalue weighted by atomic mass is 9.98. The molecule has 1 saturated heterocycles. The number of hydrogen-bond acceptors (Lipinski definition) is 3. The van der Waals surface area contributed by atoms with Crippen LogP contribution in [0.4, 0.5) is 10.2 Å². The molecule has 4 nitrogen and oxygen atoms in total. The van der Waals surface area contributed by atoms with Crippen LogP contribution < -0.4 is 10.2 Å². The van der Waals surface area contributed by atoms with Gasteiger partial charge in [-0.15, -0.1) is 0 Å². The Morgan fingerprint density at radius 1 is 1.29 bits per heavy atom. The highest BCUT2D eigenvalue weighted by Crippen LogP contribution is 2.29. The summed E-state index contributed by atoms with van der Waals surface area (Å²) in [5.41, 5.74) is 4.35. The molecule has 5 heteroatoms. The van der Waals surface area contributed by atoms with Crippen molar-refractivity contribution in [2.75, 3.05) is 31.1 Å². The summed E-state index contributed by atoms with van der Waals surface area (Å²) in [5.74, 6) is 0.979. The molecule has 0 amide bonds. The molecule has 3 rings (SSSR count). The van der Waals surface area contributed by atoms with Gasteiger partial charge in [-0.2, -0.15) is 5.10 Å². The molecule has 1 aromatic heterocycles. The van der Waals surface area contributed by atoms with E-state index in [1.807, 2.05) is 36.7 Å². The van der Waals surface area contributed by atoms with Gasteiger partial charge >= 0.3 is 0 Å². The zero-order valence-corrected chi connectivity index (χ0v) is 14.6. The smallest absolute Gasteiger partial charge is 0.151 e. The summed E-state index contributed by atoms with van der Waals surface area (Å²) >= 11 is 0. The minimum absolute atomic E-state index is 0.665. The lowest BCUT2D eigenvalue weighted by molar-refractivity contribution is 0.373. The fourth-order valence-electron chi connectivity index (χ4n) is 3.17. The molecule has 1 aromatic carbocycles. The number of rotatable bonds is 4. The number of alkyl halides is 1. The highest BCUT2D eigenvalue weighted by Gasteiger charge is 2.17. The number of hydrogen-bond donors (Lipinski definition) is 1. The zero-order chi connectivity index (χ0) is 17.3. The summed E-state index contributed by atoms with van der Waals surface area (Å²) in [6.45, 7) is 13.3. The van der Waals surface area contributed by atoms with Gasteiger partial charge in [-0.3, -0.25) is 0 Å². The van der Waals surface area contributed by atoms with Crippen LogP contribution in [0.5, 0.6) is 0 Å². The first-order valence-electron chi connectivity index (χ1n) is 8.44. The van der Waals surface area contributed by atoms with Crippen LogP contribution in [0.15, 0.2) is 30.8 Å². The van der Waals surface area contributed by atoms with Gasteiger partial charge in [0.05, 0.1) is 5.69 Å². The molecule has 24 heavy (non-hydrogen) atoms. The van der Waals surface area contributed by atoms with E-state index in [9.17, 15) is 4.39 Å². The first-order valence-corrected chi connectivity index (χ1v) is 8.44. The minimum Gasteiger partial charge on any atom is -0.353 e. The lowest BCUT2D eigenvalue weighted by Gasteiger charge is -2.27. The number of nitrogens with one attached hydrogen (secondary N) is 1. The fourth-order valence-corrected chi connectivity index (χ4v) is 3.17. The standard InChI is InChI=1S/C19H25FN4/c1-13(2)17-6-5-16(12-18(17)15(4)20)24-14(3)11-19(22-24)23-9-7-21-8-10-23/h5-6,11-12,15,21H,1,7-10H2,2-4H3/t15-/m0/s1. The third-order valence-corrected chi connectivity index (χ3v) is 4.48. The quantitative estimate of drug-likeness (QED) is 0.930. The molecular formula is C19H25FN4. The van der Waals surface area contributed by atoms with Crippen molar-refractivity contribution in [1.29, 1.82) is 0 Å². The molecule has 0 unspecified atom stereocenters. The Labute approximate surface area is 143 Å². The maximum absolute atomic E-state index is 14.1. The summed E-state index contributed by atoms with van der Waals surface area (Å²) in [6, 6.07) is 7.90. The maximum atomic E-state index is 14.1. The summed E-state index contributed by atoms with van der Waals surface area (Å²) in [5, 5.41) is 8.10. The van der Waals surface area contributed by atoms with E-state index in [1.165, 1.54) is 0 Å². The Morgan fingerprint density at radius 3 is 2.62 bits per heavy atom. The largest absolute Gasteiger partial charge is 0.353 e. The normalized spacial score (nSPS) is 16.2. The Hall–Kier alpha value is -2.14. The summed E-state index contributed by atoms with van der Waals surface area (Å²) < 4.78 is 16.0. The van der Waals surface area contributed by atoms with Crippen LogP contribution in [0.3, 0.4) is 0 Å². The molecule has 128 valence electrons. The van der Waals surface area contributed by atoms with Crippen LogP contribution in [-0.4, -0.2) is 36.0 Å². The van der Waals surface area contributed by atoms with E-state index in [1.54, 1.807) is 6.92 Å². The molecular weight excluding hydrogens is 303 g/mol. The second-order valence-corrected chi connectivity index (χ2v) is 6.46. The Kier molecular flexibility index (Phi) is 4.71. The molecule has 0 saturated carbocycles. The number of aromatic nitrogens is 2. The number of halogens is 1. The van der Waals surface area contributed by atoms with Crippen molar-refractivity contribution in [3.05, 3.63) is 47.7 Å². The number of benzene rings is 1. The van der Waals surface area contributed by atoms with Crippen molar-refractivity contribution in [2.24, 2.45) is 0 Å². The average molecular weight is 328 g/mol. The van der Waals surface area contributed by atoms with E-state index in [-0.39, 0.29) is 0 Å². The second-order valence-electron chi connectivity index (χ2n) is 6.46. The minimum atomic E-state index is -1.04. The van der Waals surface area contributed by atoms with Gasteiger partial charge in [0.2, 0.25) is 0 Å². The number of piperazine rings is 1. The van der Waals surface area contributed by atoms with Crippen LogP contribution in [0.2, 0.25) is 0 Å². The van der Waals surface area contributed by atoms with Gasteiger partial charge in [0, 0.05) is 37.9 Å². The molecule has 0 aliphatic carbocycles. The van der Waals surface area contributed by atoms with Gasteiger partial charge in [-0.05, 0) is 44.0 Å². The highest BCUT2D eigenvalue weighted by molar-refractivity contribution is 5.66. The van der Waals surface area contributed by atoms with E-state index in [2.05, 4.69) is 22.9 Å². The maximum Gasteiger partial charge on any atom is 0.151 e. The number of anilines is 1. The van der Waals surface area contributed by atoms with Crippen LogP contribution >= 0.6 is 0 Å². The number of nitrogens with zero attached hydrogens (tertiary/aromatic N) is 3. The monoisotopic (exact) mass is 328 g/mol. The van der Waals surface area contributed by atoms with Crippen molar-refractivity contribution in [3.8, 4) is 5.69 Å². The molecule has 1 aliphatic heterocycles. The number of aryl methyl sites for hydroxylation is 1. The predicted molar refractivity (Wildman–Crippen MR) is 97.6 cm³/mol. The molecule has 1 fully saturated rings. The van der Waals surface area contributed by atoms with Gasteiger partial charge in [-0.1, -0.05) is 18.2 Å². The Balaban J connectivity index is 1.98. The van der Waals surface area contributed by atoms with E-state index in [4.69, 9.17) is 5.10 Å². The summed E-state index contributed by atoms with van der Waals surface area (Å²) in [6.07, 6.45) is -1.04. The van der Waals surface area contributed by atoms with Crippen LogP contribution in [-0.2, 0) is 0 Å². The van der Waals surface area contributed by atoms with Gasteiger partial charge in [0.15, 0.2) is 5.82 Å². The SMILES string of the molecule is C=C(C)c1ccc(-n2nc(N3CCNCC3)cc2C)cc1[C@H](C)F. The number of allylic oxidation sites excluding steroid dienone is 1. The molecule has 1 N–H and O–H groups in total. The van der Waals surface area contributed by atoms with Crippen LogP contribution in [0, 0.1) is 6.92 Å². The fraction of sp³-hybridized carbons (Fsp3) is 0.421. The first-order chi connectivity index (χ1) is 11.5. The van der Waals surface area contributed by atoms with Crippen LogP contribution in [0.25, 0.3) is 11.3 Å². The molecule has 2 aromatic rings. The van der Waals surface area contributed by atoms with E-state index >= 15 is 0 Å². The van der Waals surface area contributed by atoms with Gasteiger partial charge in [0.1, 0.15) is 6.17 Å².